The minimum Gasteiger partial charge on any atom is -0.383 e. The molecule has 1 aromatic heterocycles. The monoisotopic (exact) mass is 380 g/mol. The fourth-order valence-corrected chi connectivity index (χ4v) is 3.66. The Kier molecular flexibility index (Phi) is 4.60. The lowest BCUT2D eigenvalue weighted by Gasteiger charge is -2.21. The van der Waals surface area contributed by atoms with Gasteiger partial charge < -0.3 is 10.1 Å². The van der Waals surface area contributed by atoms with Crippen LogP contribution in [0, 0.1) is 10.1 Å². The van der Waals surface area contributed by atoms with Gasteiger partial charge in [-0.1, -0.05) is 6.92 Å². The zero-order chi connectivity index (χ0) is 19.2. The number of alkyl halides is 3. The van der Waals surface area contributed by atoms with E-state index in [9.17, 15) is 36.8 Å². The van der Waals surface area contributed by atoms with Crippen LogP contribution in [0.5, 0.6) is 0 Å². The molecule has 2 rings (SSSR count). The van der Waals surface area contributed by atoms with E-state index in [2.05, 4.69) is 4.98 Å². The quantitative estimate of drug-likeness (QED) is 0.612. The molecule has 0 radical (unpaired) electrons. The maximum atomic E-state index is 13.0. The van der Waals surface area contributed by atoms with Gasteiger partial charge in [0.2, 0.25) is 0 Å². The fraction of sp³-hybridized carbons (Fsp3) is 0.429. The summed E-state index contributed by atoms with van der Waals surface area (Å²) in [6.07, 6.45) is -4.93. The second-order valence-corrected chi connectivity index (χ2v) is 8.20. The van der Waals surface area contributed by atoms with E-state index in [1.54, 1.807) is 0 Å². The fourth-order valence-electron chi connectivity index (χ4n) is 2.45. The topological polar surface area (TPSA) is 113 Å². The Hall–Kier alpha value is -2.14. The largest absolute Gasteiger partial charge is 0.423 e. The van der Waals surface area contributed by atoms with Gasteiger partial charge >= 0.3 is 6.18 Å². The van der Waals surface area contributed by atoms with Crippen LogP contribution < -0.4 is 0 Å². The third-order valence-corrected chi connectivity index (χ3v) is 5.64. The molecule has 138 valence electrons. The molecule has 1 atom stereocenters. The van der Waals surface area contributed by atoms with Gasteiger partial charge in [0.1, 0.15) is 11.2 Å². The first-order valence-corrected chi connectivity index (χ1v) is 8.90. The summed E-state index contributed by atoms with van der Waals surface area (Å²) in [5, 5.41) is 21.4. The van der Waals surface area contributed by atoms with Crippen molar-refractivity contribution in [1.82, 2.24) is 4.98 Å². The minimum absolute atomic E-state index is 0.0480. The number of sulfone groups is 1. The zero-order valence-corrected chi connectivity index (χ0v) is 14.0. The number of aromatic nitrogens is 1. The molecule has 2 N–H and O–H groups in total. The summed E-state index contributed by atoms with van der Waals surface area (Å²) in [5.74, 6) is -0.857. The first kappa shape index (κ1) is 19.2. The first-order chi connectivity index (χ1) is 11.3. The van der Waals surface area contributed by atoms with Crippen LogP contribution in [0.15, 0.2) is 18.2 Å². The van der Waals surface area contributed by atoms with Crippen LogP contribution in [0.3, 0.4) is 0 Å². The average Bonchev–Trinajstić information content (AvgIpc) is 2.87. The average molecular weight is 380 g/mol. The predicted octanol–water partition coefficient (Wildman–Crippen LogP) is 2.74. The van der Waals surface area contributed by atoms with Gasteiger partial charge in [0.25, 0.3) is 5.69 Å². The molecule has 0 saturated carbocycles. The zero-order valence-electron chi connectivity index (χ0n) is 13.2. The van der Waals surface area contributed by atoms with E-state index in [0.717, 1.165) is 6.07 Å². The van der Waals surface area contributed by atoms with Crippen LogP contribution in [0.2, 0.25) is 0 Å². The van der Waals surface area contributed by atoms with Crippen molar-refractivity contribution in [2.45, 2.75) is 25.6 Å². The second kappa shape index (κ2) is 5.99. The van der Waals surface area contributed by atoms with Gasteiger partial charge in [-0.3, -0.25) is 10.1 Å². The van der Waals surface area contributed by atoms with Gasteiger partial charge in [-0.05, 0) is 19.1 Å². The summed E-state index contributed by atoms with van der Waals surface area (Å²) in [5.41, 5.74) is -4.58. The highest BCUT2D eigenvalue weighted by Gasteiger charge is 2.39. The summed E-state index contributed by atoms with van der Waals surface area (Å²) in [4.78, 5) is 12.3. The summed E-state index contributed by atoms with van der Waals surface area (Å²) >= 11 is 0. The number of nitrogens with zero attached hydrogens (tertiary/aromatic N) is 1. The van der Waals surface area contributed by atoms with Crippen LogP contribution >= 0.6 is 0 Å². The molecule has 11 heteroatoms. The normalized spacial score (nSPS) is 15.3. The van der Waals surface area contributed by atoms with Crippen molar-refractivity contribution in [3.63, 3.8) is 0 Å². The van der Waals surface area contributed by atoms with E-state index in [4.69, 9.17) is 0 Å². The molecule has 0 aliphatic carbocycles. The molecule has 25 heavy (non-hydrogen) atoms. The number of fused-ring (bicyclic) bond motifs is 1. The van der Waals surface area contributed by atoms with Gasteiger partial charge in [0.05, 0.1) is 10.7 Å². The van der Waals surface area contributed by atoms with E-state index < -0.39 is 43.5 Å². The van der Waals surface area contributed by atoms with Gasteiger partial charge in [-0.25, -0.2) is 8.42 Å². The van der Waals surface area contributed by atoms with Gasteiger partial charge in [-0.2, -0.15) is 13.2 Å². The third kappa shape index (κ3) is 3.93. The Bertz CT molecular complexity index is 932. The van der Waals surface area contributed by atoms with Crippen molar-refractivity contribution >= 4 is 26.4 Å². The molecule has 0 aliphatic rings. The number of rotatable bonds is 5. The molecule has 0 amide bonds. The van der Waals surface area contributed by atoms with E-state index in [1.165, 1.54) is 19.9 Å². The molecule has 2 aromatic rings. The number of hydrogen-bond donors (Lipinski definition) is 2. The second-order valence-electron chi connectivity index (χ2n) is 5.84. The van der Waals surface area contributed by atoms with Gasteiger partial charge in [0, 0.05) is 28.4 Å². The van der Waals surface area contributed by atoms with E-state index in [0.29, 0.717) is 6.07 Å². The van der Waals surface area contributed by atoms with Crippen molar-refractivity contribution in [2.75, 3.05) is 11.5 Å². The highest BCUT2D eigenvalue weighted by Crippen LogP contribution is 2.39. The molecule has 0 bridgehead atoms. The standard InChI is InChI=1S/C14H15F3N2O5S/c1-3-25(23,24)7-13(2,20)12-5-8-4-11(19(21)22)9(14(15,16)17)6-10(8)18-12/h4-6,18,20H,3,7H2,1-2H3. The molecular weight excluding hydrogens is 365 g/mol. The lowest BCUT2D eigenvalue weighted by Crippen LogP contribution is -2.32. The number of benzene rings is 1. The number of nitrogens with one attached hydrogen (secondary N) is 1. The minimum atomic E-state index is -4.93. The van der Waals surface area contributed by atoms with Gasteiger partial charge in [0.15, 0.2) is 9.84 Å². The molecule has 1 unspecified atom stereocenters. The Balaban J connectivity index is 2.62. The summed E-state index contributed by atoms with van der Waals surface area (Å²) < 4.78 is 62.4. The first-order valence-electron chi connectivity index (χ1n) is 7.08. The van der Waals surface area contributed by atoms with E-state index >= 15 is 0 Å². The molecule has 0 fully saturated rings. The molecule has 1 heterocycles. The van der Waals surface area contributed by atoms with Crippen LogP contribution in [0.1, 0.15) is 25.1 Å². The van der Waals surface area contributed by atoms with Gasteiger partial charge in [-0.15, -0.1) is 0 Å². The number of H-pyrrole nitrogens is 1. The van der Waals surface area contributed by atoms with Crippen molar-refractivity contribution < 1.29 is 31.6 Å². The van der Waals surface area contributed by atoms with Crippen LogP contribution in [0.25, 0.3) is 10.9 Å². The Morgan fingerprint density at radius 3 is 2.36 bits per heavy atom. The van der Waals surface area contributed by atoms with Crippen LogP contribution in [-0.2, 0) is 21.6 Å². The molecule has 0 aliphatic heterocycles. The van der Waals surface area contributed by atoms with E-state index in [1.807, 2.05) is 0 Å². The van der Waals surface area contributed by atoms with Crippen LogP contribution in [-0.4, -0.2) is 34.9 Å². The maximum Gasteiger partial charge on any atom is 0.423 e. The number of nitro benzene ring substituents is 1. The SMILES string of the molecule is CCS(=O)(=O)CC(C)(O)c1cc2cc([N+](=O)[O-])c(C(F)(F)F)cc2[nH]1. The number of aliphatic hydroxyl groups is 1. The molecule has 0 saturated heterocycles. The summed E-state index contributed by atoms with van der Waals surface area (Å²) in [7, 11) is -3.57. The summed E-state index contributed by atoms with van der Waals surface area (Å²) in [6.45, 7) is 2.60. The Labute approximate surface area is 140 Å². The molecule has 0 spiro atoms. The predicted molar refractivity (Wildman–Crippen MR) is 83.9 cm³/mol. The molecule has 7 nitrogen and oxygen atoms in total. The number of hydrogen-bond acceptors (Lipinski definition) is 5. The van der Waals surface area contributed by atoms with Crippen LogP contribution in [0.4, 0.5) is 18.9 Å². The molecule has 1 aromatic carbocycles. The Morgan fingerprint density at radius 1 is 1.28 bits per heavy atom. The molecular formula is C14H15F3N2O5S. The maximum absolute atomic E-state index is 13.0. The van der Waals surface area contributed by atoms with E-state index in [-0.39, 0.29) is 22.3 Å². The lowest BCUT2D eigenvalue weighted by molar-refractivity contribution is -0.387. The third-order valence-electron chi connectivity index (χ3n) is 3.76. The summed E-state index contributed by atoms with van der Waals surface area (Å²) in [6, 6.07) is 2.51. The van der Waals surface area contributed by atoms with Crippen molar-refractivity contribution in [3.05, 3.63) is 39.6 Å². The number of aromatic amines is 1. The number of nitro groups is 1. The highest BCUT2D eigenvalue weighted by atomic mass is 32.2. The van der Waals surface area contributed by atoms with Crippen molar-refractivity contribution in [3.8, 4) is 0 Å². The van der Waals surface area contributed by atoms with Crippen molar-refractivity contribution in [1.29, 1.82) is 0 Å². The highest BCUT2D eigenvalue weighted by molar-refractivity contribution is 7.91. The Morgan fingerprint density at radius 2 is 1.88 bits per heavy atom. The lowest BCUT2D eigenvalue weighted by atomic mass is 10.1. The van der Waals surface area contributed by atoms with Crippen molar-refractivity contribution in [2.24, 2.45) is 0 Å². The number of halogens is 3. The smallest absolute Gasteiger partial charge is 0.383 e.